The number of hydrogen-bond acceptors (Lipinski definition) is 4. The molecule has 0 spiro atoms. The number of nitrogen functional groups attached to an aromatic ring is 1. The summed E-state index contributed by atoms with van der Waals surface area (Å²) in [4.78, 5) is 13.0. The zero-order chi connectivity index (χ0) is 15.2. The molecule has 2 aromatic carbocycles. The quantitative estimate of drug-likeness (QED) is 0.657. The molecule has 110 valence electrons. The third-order valence-electron chi connectivity index (χ3n) is 3.00. The number of methoxy groups -OCH3 is 1. The number of para-hydroxylation sites is 2. The Morgan fingerprint density at radius 3 is 2.71 bits per heavy atom. The zero-order valence-corrected chi connectivity index (χ0v) is 12.9. The van der Waals surface area contributed by atoms with Crippen LogP contribution < -0.4 is 15.8 Å². The summed E-state index contributed by atoms with van der Waals surface area (Å²) in [6.45, 7) is 1.92. The largest absolute Gasteiger partial charge is 0.496 e. The Bertz CT molecular complexity index is 624. The van der Waals surface area contributed by atoms with Crippen molar-refractivity contribution in [2.45, 2.75) is 11.8 Å². The van der Waals surface area contributed by atoms with E-state index in [1.165, 1.54) is 11.8 Å². The average Bonchev–Trinajstić information content (AvgIpc) is 2.49. The van der Waals surface area contributed by atoms with E-state index in [2.05, 4.69) is 5.32 Å². The molecule has 0 radical (unpaired) electrons. The van der Waals surface area contributed by atoms with Gasteiger partial charge in [-0.1, -0.05) is 24.3 Å². The molecule has 5 heteroatoms. The lowest BCUT2D eigenvalue weighted by molar-refractivity contribution is -0.113. The van der Waals surface area contributed by atoms with Crippen LogP contribution in [0.1, 0.15) is 5.56 Å². The number of aryl methyl sites for hydroxylation is 1. The topological polar surface area (TPSA) is 64.3 Å². The second-order valence-electron chi connectivity index (χ2n) is 4.53. The summed E-state index contributed by atoms with van der Waals surface area (Å²) in [6.07, 6.45) is 0. The molecule has 0 saturated carbocycles. The fourth-order valence-electron chi connectivity index (χ4n) is 1.92. The Hall–Kier alpha value is -2.14. The monoisotopic (exact) mass is 302 g/mol. The Kier molecular flexibility index (Phi) is 5.11. The molecule has 0 unspecified atom stereocenters. The highest BCUT2D eigenvalue weighted by atomic mass is 32.2. The zero-order valence-electron chi connectivity index (χ0n) is 12.1. The van der Waals surface area contributed by atoms with Crippen LogP contribution in [0.25, 0.3) is 0 Å². The first-order chi connectivity index (χ1) is 10.1. The number of ether oxygens (including phenoxy) is 1. The average molecular weight is 302 g/mol. The van der Waals surface area contributed by atoms with Crippen LogP contribution in [-0.4, -0.2) is 18.8 Å². The highest BCUT2D eigenvalue weighted by Crippen LogP contribution is 2.29. The van der Waals surface area contributed by atoms with E-state index < -0.39 is 0 Å². The van der Waals surface area contributed by atoms with Crippen molar-refractivity contribution in [1.82, 2.24) is 0 Å². The van der Waals surface area contributed by atoms with Gasteiger partial charge in [-0.25, -0.2) is 0 Å². The number of carbonyl (C=O) groups excluding carboxylic acids is 1. The van der Waals surface area contributed by atoms with Gasteiger partial charge >= 0.3 is 0 Å². The molecular formula is C16H18N2O2S. The van der Waals surface area contributed by atoms with Crippen LogP contribution in [0, 0.1) is 6.92 Å². The molecule has 0 aliphatic carbocycles. The van der Waals surface area contributed by atoms with Gasteiger partial charge in [-0.05, 0) is 30.7 Å². The predicted octanol–water partition coefficient (Wildman–Crippen LogP) is 3.32. The summed E-state index contributed by atoms with van der Waals surface area (Å²) in [5.41, 5.74) is 8.09. The van der Waals surface area contributed by atoms with Crippen molar-refractivity contribution in [3.05, 3.63) is 48.0 Å². The molecule has 0 atom stereocenters. The van der Waals surface area contributed by atoms with Crippen molar-refractivity contribution in [3.8, 4) is 5.75 Å². The molecule has 0 heterocycles. The van der Waals surface area contributed by atoms with Gasteiger partial charge in [0, 0.05) is 4.90 Å². The molecule has 0 bridgehead atoms. The minimum absolute atomic E-state index is 0.0908. The van der Waals surface area contributed by atoms with Gasteiger partial charge in [-0.2, -0.15) is 0 Å². The first kappa shape index (κ1) is 15.3. The molecule has 0 aliphatic rings. The van der Waals surface area contributed by atoms with E-state index in [1.807, 2.05) is 43.3 Å². The molecule has 0 fully saturated rings. The van der Waals surface area contributed by atoms with Gasteiger partial charge < -0.3 is 15.8 Å². The number of anilines is 2. The summed E-state index contributed by atoms with van der Waals surface area (Å²) in [6, 6.07) is 13.2. The van der Waals surface area contributed by atoms with Crippen LogP contribution in [0.5, 0.6) is 5.75 Å². The highest BCUT2D eigenvalue weighted by molar-refractivity contribution is 8.00. The van der Waals surface area contributed by atoms with Gasteiger partial charge in [0.25, 0.3) is 0 Å². The number of benzene rings is 2. The Morgan fingerprint density at radius 2 is 2.00 bits per heavy atom. The first-order valence-corrected chi connectivity index (χ1v) is 7.51. The van der Waals surface area contributed by atoms with Gasteiger partial charge in [-0.3, -0.25) is 4.79 Å². The van der Waals surface area contributed by atoms with Crippen LogP contribution >= 0.6 is 11.8 Å². The first-order valence-electron chi connectivity index (χ1n) is 6.52. The summed E-state index contributed by atoms with van der Waals surface area (Å²) in [7, 11) is 1.62. The molecule has 0 aromatic heterocycles. The van der Waals surface area contributed by atoms with E-state index in [1.54, 1.807) is 13.2 Å². The van der Waals surface area contributed by atoms with Crippen LogP contribution in [0.3, 0.4) is 0 Å². The Morgan fingerprint density at radius 1 is 1.24 bits per heavy atom. The number of nitrogens with two attached hydrogens (primary N) is 1. The van der Waals surface area contributed by atoms with Crippen molar-refractivity contribution in [2.24, 2.45) is 0 Å². The lowest BCUT2D eigenvalue weighted by Crippen LogP contribution is -2.16. The molecule has 21 heavy (non-hydrogen) atoms. The summed E-state index contributed by atoms with van der Waals surface area (Å²) < 4.78 is 5.26. The molecule has 3 N–H and O–H groups in total. The fraction of sp³-hybridized carbons (Fsp3) is 0.188. The number of nitrogens with one attached hydrogen (secondary N) is 1. The standard InChI is InChI=1S/C16H18N2O2S/c1-11-6-5-7-12(17)16(11)18-15(19)10-21-14-9-4-3-8-13(14)20-2/h3-9H,10,17H2,1-2H3,(H,18,19). The minimum atomic E-state index is -0.0908. The fourth-order valence-corrected chi connectivity index (χ4v) is 2.75. The highest BCUT2D eigenvalue weighted by Gasteiger charge is 2.10. The summed E-state index contributed by atoms with van der Waals surface area (Å²) in [5, 5.41) is 2.86. The number of rotatable bonds is 5. The van der Waals surface area contributed by atoms with Crippen molar-refractivity contribution < 1.29 is 9.53 Å². The van der Waals surface area contributed by atoms with Crippen molar-refractivity contribution >= 4 is 29.0 Å². The normalized spacial score (nSPS) is 10.2. The maximum absolute atomic E-state index is 12.1. The van der Waals surface area contributed by atoms with Gasteiger partial charge in [0.15, 0.2) is 0 Å². The molecule has 1 amide bonds. The molecule has 0 saturated heterocycles. The van der Waals surface area contributed by atoms with Crippen molar-refractivity contribution in [2.75, 3.05) is 23.9 Å². The predicted molar refractivity (Wildman–Crippen MR) is 87.9 cm³/mol. The second-order valence-corrected chi connectivity index (χ2v) is 5.54. The lowest BCUT2D eigenvalue weighted by Gasteiger charge is -2.11. The third-order valence-corrected chi connectivity index (χ3v) is 4.05. The molecule has 0 aliphatic heterocycles. The lowest BCUT2D eigenvalue weighted by atomic mass is 10.1. The van der Waals surface area contributed by atoms with Gasteiger partial charge in [-0.15, -0.1) is 11.8 Å². The van der Waals surface area contributed by atoms with E-state index in [0.29, 0.717) is 17.1 Å². The van der Waals surface area contributed by atoms with Crippen LogP contribution in [-0.2, 0) is 4.79 Å². The number of hydrogen-bond donors (Lipinski definition) is 2. The second kappa shape index (κ2) is 7.04. The van der Waals surface area contributed by atoms with Crippen LogP contribution in [0.15, 0.2) is 47.4 Å². The van der Waals surface area contributed by atoms with E-state index >= 15 is 0 Å². The molecule has 2 aromatic rings. The van der Waals surface area contributed by atoms with E-state index in [0.717, 1.165) is 16.2 Å². The van der Waals surface area contributed by atoms with Crippen LogP contribution in [0.4, 0.5) is 11.4 Å². The number of carbonyl (C=O) groups is 1. The maximum Gasteiger partial charge on any atom is 0.234 e. The summed E-state index contributed by atoms with van der Waals surface area (Å²) in [5.74, 6) is 0.978. The number of thioether (sulfide) groups is 1. The van der Waals surface area contributed by atoms with Gasteiger partial charge in [0.2, 0.25) is 5.91 Å². The van der Waals surface area contributed by atoms with Gasteiger partial charge in [0.05, 0.1) is 24.2 Å². The minimum Gasteiger partial charge on any atom is -0.496 e. The third kappa shape index (κ3) is 3.92. The van der Waals surface area contributed by atoms with Crippen molar-refractivity contribution in [1.29, 1.82) is 0 Å². The maximum atomic E-state index is 12.1. The van der Waals surface area contributed by atoms with Crippen LogP contribution in [0.2, 0.25) is 0 Å². The van der Waals surface area contributed by atoms with Crippen molar-refractivity contribution in [3.63, 3.8) is 0 Å². The summed E-state index contributed by atoms with van der Waals surface area (Å²) >= 11 is 1.43. The van der Waals surface area contributed by atoms with E-state index in [-0.39, 0.29) is 5.91 Å². The van der Waals surface area contributed by atoms with E-state index in [4.69, 9.17) is 10.5 Å². The van der Waals surface area contributed by atoms with E-state index in [9.17, 15) is 4.79 Å². The van der Waals surface area contributed by atoms with Gasteiger partial charge in [0.1, 0.15) is 5.75 Å². The Balaban J connectivity index is 1.99. The Labute approximate surface area is 128 Å². The SMILES string of the molecule is COc1ccccc1SCC(=O)Nc1c(C)cccc1N. The molecule has 2 rings (SSSR count). The number of amides is 1. The smallest absolute Gasteiger partial charge is 0.234 e. The molecule has 4 nitrogen and oxygen atoms in total. The molecular weight excluding hydrogens is 284 g/mol.